The van der Waals surface area contributed by atoms with Gasteiger partial charge in [-0.15, -0.1) is 0 Å². The number of imide groups is 1. The summed E-state index contributed by atoms with van der Waals surface area (Å²) in [5.74, 6) is -0.449. The van der Waals surface area contributed by atoms with E-state index in [9.17, 15) is 9.59 Å². The zero-order valence-corrected chi connectivity index (χ0v) is 14.7. The summed E-state index contributed by atoms with van der Waals surface area (Å²) in [6, 6.07) is 9.79. The van der Waals surface area contributed by atoms with E-state index < -0.39 is 6.04 Å². The zero-order chi connectivity index (χ0) is 17.8. The number of amides is 2. The SMILES string of the molecule is CC(C)(C)c1cccc2c3cccnc3n(C3CCC(=O)NC3=O)c12. The number of nitrogens with zero attached hydrogens (tertiary/aromatic N) is 2. The zero-order valence-electron chi connectivity index (χ0n) is 14.7. The molecular weight excluding hydrogens is 314 g/mol. The van der Waals surface area contributed by atoms with E-state index in [1.807, 2.05) is 16.7 Å². The smallest absolute Gasteiger partial charge is 0.249 e. The molecule has 1 aliphatic rings. The van der Waals surface area contributed by atoms with Gasteiger partial charge >= 0.3 is 0 Å². The van der Waals surface area contributed by atoms with Gasteiger partial charge in [-0.1, -0.05) is 39.0 Å². The van der Waals surface area contributed by atoms with Crippen LogP contribution in [0, 0.1) is 0 Å². The Labute approximate surface area is 146 Å². The molecule has 128 valence electrons. The van der Waals surface area contributed by atoms with Crippen molar-refractivity contribution in [3.63, 3.8) is 0 Å². The lowest BCUT2D eigenvalue weighted by Gasteiger charge is -2.27. The molecule has 2 aromatic heterocycles. The van der Waals surface area contributed by atoms with E-state index in [1.165, 1.54) is 5.56 Å². The van der Waals surface area contributed by atoms with E-state index in [0.717, 1.165) is 21.9 Å². The molecule has 5 heteroatoms. The van der Waals surface area contributed by atoms with Crippen LogP contribution < -0.4 is 5.32 Å². The predicted octanol–water partition coefficient (Wildman–Crippen LogP) is 3.46. The summed E-state index contributed by atoms with van der Waals surface area (Å²) in [7, 11) is 0. The van der Waals surface area contributed by atoms with Gasteiger partial charge < -0.3 is 4.57 Å². The van der Waals surface area contributed by atoms with Gasteiger partial charge in [-0.05, 0) is 29.5 Å². The van der Waals surface area contributed by atoms with Crippen LogP contribution in [0.4, 0.5) is 0 Å². The number of hydrogen-bond acceptors (Lipinski definition) is 3. The van der Waals surface area contributed by atoms with Crippen molar-refractivity contribution in [3.8, 4) is 0 Å². The average Bonchev–Trinajstić information content (AvgIpc) is 2.89. The Morgan fingerprint density at radius 2 is 1.88 bits per heavy atom. The Hall–Kier alpha value is -2.69. The average molecular weight is 335 g/mol. The lowest BCUT2D eigenvalue weighted by Crippen LogP contribution is -2.41. The largest absolute Gasteiger partial charge is 0.312 e. The maximum Gasteiger partial charge on any atom is 0.249 e. The van der Waals surface area contributed by atoms with Crippen molar-refractivity contribution < 1.29 is 9.59 Å². The Morgan fingerprint density at radius 1 is 1.12 bits per heavy atom. The lowest BCUT2D eigenvalue weighted by atomic mass is 9.85. The van der Waals surface area contributed by atoms with E-state index in [0.29, 0.717) is 12.8 Å². The molecule has 1 unspecified atom stereocenters. The van der Waals surface area contributed by atoms with Gasteiger partial charge in [0.15, 0.2) is 0 Å². The van der Waals surface area contributed by atoms with Gasteiger partial charge in [0.25, 0.3) is 0 Å². The van der Waals surface area contributed by atoms with Crippen molar-refractivity contribution in [3.05, 3.63) is 42.1 Å². The molecule has 4 rings (SSSR count). The first kappa shape index (κ1) is 15.8. The van der Waals surface area contributed by atoms with Crippen LogP contribution in [-0.4, -0.2) is 21.4 Å². The van der Waals surface area contributed by atoms with Crippen molar-refractivity contribution in [2.75, 3.05) is 0 Å². The molecule has 0 spiro atoms. The molecule has 1 N–H and O–H groups in total. The van der Waals surface area contributed by atoms with Crippen LogP contribution in [0.2, 0.25) is 0 Å². The lowest BCUT2D eigenvalue weighted by molar-refractivity contribution is -0.135. The van der Waals surface area contributed by atoms with Crippen molar-refractivity contribution in [2.45, 2.75) is 45.1 Å². The highest BCUT2D eigenvalue weighted by Gasteiger charge is 2.32. The van der Waals surface area contributed by atoms with Crippen LogP contribution >= 0.6 is 0 Å². The summed E-state index contributed by atoms with van der Waals surface area (Å²) in [6.07, 6.45) is 2.60. The number of carbonyl (C=O) groups is 2. The number of pyridine rings is 1. The maximum atomic E-state index is 12.6. The standard InChI is InChI=1S/C20H21N3O2/c1-20(2,3)14-8-4-6-12-13-7-5-11-21-18(13)23(17(12)14)15-9-10-16(24)22-19(15)25/h4-8,11,15H,9-10H2,1-3H3,(H,22,24,25). The molecule has 1 fully saturated rings. The number of hydrogen-bond donors (Lipinski definition) is 1. The summed E-state index contributed by atoms with van der Waals surface area (Å²) in [4.78, 5) is 28.7. The van der Waals surface area contributed by atoms with Crippen LogP contribution in [0.25, 0.3) is 21.9 Å². The Bertz CT molecular complexity index is 1010. The molecule has 3 aromatic rings. The molecule has 0 saturated carbocycles. The second kappa shape index (κ2) is 5.41. The summed E-state index contributed by atoms with van der Waals surface area (Å²) < 4.78 is 2.03. The normalized spacial score (nSPS) is 18.8. The van der Waals surface area contributed by atoms with E-state index in [1.54, 1.807) is 6.20 Å². The quantitative estimate of drug-likeness (QED) is 0.693. The highest BCUT2D eigenvalue weighted by molar-refractivity contribution is 6.10. The number of benzene rings is 1. The number of rotatable bonds is 1. The molecule has 0 radical (unpaired) electrons. The summed E-state index contributed by atoms with van der Waals surface area (Å²) >= 11 is 0. The first-order valence-electron chi connectivity index (χ1n) is 8.60. The first-order chi connectivity index (χ1) is 11.9. The van der Waals surface area contributed by atoms with Gasteiger partial charge in [-0.2, -0.15) is 0 Å². The summed E-state index contributed by atoms with van der Waals surface area (Å²) in [5.41, 5.74) is 2.93. The van der Waals surface area contributed by atoms with Crippen molar-refractivity contribution in [2.24, 2.45) is 0 Å². The molecule has 1 saturated heterocycles. The number of aromatic nitrogens is 2. The molecule has 0 aliphatic carbocycles. The van der Waals surface area contributed by atoms with E-state index in [2.05, 4.69) is 49.3 Å². The Morgan fingerprint density at radius 3 is 2.60 bits per heavy atom. The van der Waals surface area contributed by atoms with Crippen molar-refractivity contribution >= 4 is 33.8 Å². The molecular formula is C20H21N3O2. The minimum absolute atomic E-state index is 0.0768. The Balaban J connectivity index is 2.10. The molecule has 1 atom stereocenters. The van der Waals surface area contributed by atoms with Gasteiger partial charge in [0.2, 0.25) is 11.8 Å². The minimum Gasteiger partial charge on any atom is -0.312 e. The number of nitrogens with one attached hydrogen (secondary N) is 1. The third kappa shape index (κ3) is 2.42. The van der Waals surface area contributed by atoms with Gasteiger partial charge in [0.1, 0.15) is 11.7 Å². The van der Waals surface area contributed by atoms with Gasteiger partial charge in [0.05, 0.1) is 5.52 Å². The van der Waals surface area contributed by atoms with E-state index in [4.69, 9.17) is 0 Å². The third-order valence-electron chi connectivity index (χ3n) is 4.91. The van der Waals surface area contributed by atoms with E-state index >= 15 is 0 Å². The van der Waals surface area contributed by atoms with E-state index in [-0.39, 0.29) is 17.2 Å². The van der Waals surface area contributed by atoms with Crippen molar-refractivity contribution in [1.82, 2.24) is 14.9 Å². The minimum atomic E-state index is -0.420. The summed E-state index contributed by atoms with van der Waals surface area (Å²) in [6.45, 7) is 6.50. The number of carbonyl (C=O) groups excluding carboxylic acids is 2. The third-order valence-corrected chi connectivity index (χ3v) is 4.91. The summed E-state index contributed by atoms with van der Waals surface area (Å²) in [5, 5.41) is 4.61. The monoisotopic (exact) mass is 335 g/mol. The number of piperidine rings is 1. The fourth-order valence-corrected chi connectivity index (χ4v) is 3.76. The molecule has 1 aromatic carbocycles. The van der Waals surface area contributed by atoms with Gasteiger partial charge in [-0.3, -0.25) is 14.9 Å². The van der Waals surface area contributed by atoms with Crippen LogP contribution in [0.3, 0.4) is 0 Å². The fraction of sp³-hybridized carbons (Fsp3) is 0.350. The molecule has 2 amide bonds. The second-order valence-electron chi connectivity index (χ2n) is 7.66. The molecule has 5 nitrogen and oxygen atoms in total. The maximum absolute atomic E-state index is 12.6. The predicted molar refractivity (Wildman–Crippen MR) is 97.4 cm³/mol. The first-order valence-corrected chi connectivity index (χ1v) is 8.60. The highest BCUT2D eigenvalue weighted by Crippen LogP contribution is 2.38. The van der Waals surface area contributed by atoms with Crippen LogP contribution in [0.15, 0.2) is 36.5 Å². The topological polar surface area (TPSA) is 64.0 Å². The molecule has 0 bridgehead atoms. The van der Waals surface area contributed by atoms with Crippen molar-refractivity contribution in [1.29, 1.82) is 0 Å². The molecule has 25 heavy (non-hydrogen) atoms. The van der Waals surface area contributed by atoms with Gasteiger partial charge in [-0.25, -0.2) is 4.98 Å². The van der Waals surface area contributed by atoms with Gasteiger partial charge in [0, 0.05) is 23.4 Å². The highest BCUT2D eigenvalue weighted by atomic mass is 16.2. The Kier molecular flexibility index (Phi) is 3.42. The second-order valence-corrected chi connectivity index (χ2v) is 7.66. The number of para-hydroxylation sites is 1. The van der Waals surface area contributed by atoms with Crippen LogP contribution in [0.1, 0.15) is 45.2 Å². The fourth-order valence-electron chi connectivity index (χ4n) is 3.76. The molecule has 3 heterocycles. The molecule has 1 aliphatic heterocycles. The van der Waals surface area contributed by atoms with Crippen LogP contribution in [-0.2, 0) is 15.0 Å². The number of fused-ring (bicyclic) bond motifs is 3. The van der Waals surface area contributed by atoms with Crippen LogP contribution in [0.5, 0.6) is 0 Å².